The third kappa shape index (κ3) is 9.97. The van der Waals surface area contributed by atoms with Gasteiger partial charge in [0, 0.05) is 73.4 Å². The molecule has 5 rings (SSSR count). The second kappa shape index (κ2) is 19.7. The van der Waals surface area contributed by atoms with Crippen LogP contribution in [-0.2, 0) is 4.74 Å². The predicted molar refractivity (Wildman–Crippen MR) is 199 cm³/mol. The van der Waals surface area contributed by atoms with E-state index in [9.17, 15) is 4.79 Å². The number of fused-ring (bicyclic) bond motifs is 1. The zero-order chi connectivity index (χ0) is 35.1. The normalized spacial score (nSPS) is 15.5. The van der Waals surface area contributed by atoms with E-state index in [2.05, 4.69) is 77.6 Å². The van der Waals surface area contributed by atoms with Gasteiger partial charge >= 0.3 is 0 Å². The molecule has 0 radical (unpaired) electrons. The number of carbonyl (C=O) groups excluding carboxylic acids is 1. The molecule has 9 heteroatoms. The van der Waals surface area contributed by atoms with Crippen molar-refractivity contribution in [3.05, 3.63) is 83.7 Å². The van der Waals surface area contributed by atoms with Gasteiger partial charge in [-0.25, -0.2) is 4.52 Å². The van der Waals surface area contributed by atoms with Crippen LogP contribution in [0.3, 0.4) is 0 Å². The molecule has 260 valence electrons. The van der Waals surface area contributed by atoms with Gasteiger partial charge in [-0.05, 0) is 56.4 Å². The van der Waals surface area contributed by atoms with Gasteiger partial charge in [0.05, 0.1) is 41.4 Å². The quantitative estimate of drug-likeness (QED) is 0.158. The van der Waals surface area contributed by atoms with Gasteiger partial charge in [0.1, 0.15) is 0 Å². The maximum atomic E-state index is 13.1. The molecule has 4 aromatic heterocycles. The van der Waals surface area contributed by atoms with Gasteiger partial charge in [-0.15, -0.1) is 0 Å². The van der Waals surface area contributed by atoms with Crippen molar-refractivity contribution in [3.8, 4) is 11.1 Å². The van der Waals surface area contributed by atoms with E-state index in [0.29, 0.717) is 18.0 Å². The van der Waals surface area contributed by atoms with Crippen LogP contribution in [0.4, 0.5) is 5.69 Å². The summed E-state index contributed by atoms with van der Waals surface area (Å²) in [7, 11) is 0. The molecule has 0 aliphatic carbocycles. The van der Waals surface area contributed by atoms with Gasteiger partial charge in [-0.1, -0.05) is 67.0 Å². The summed E-state index contributed by atoms with van der Waals surface area (Å²) in [6.07, 6.45) is 14.7. The molecule has 1 fully saturated rings. The van der Waals surface area contributed by atoms with Crippen molar-refractivity contribution in [3.63, 3.8) is 0 Å². The number of amides is 1. The van der Waals surface area contributed by atoms with Crippen LogP contribution in [0.15, 0.2) is 61.3 Å². The third-order valence-corrected chi connectivity index (χ3v) is 8.36. The Labute approximate surface area is 288 Å². The van der Waals surface area contributed by atoms with E-state index in [0.717, 1.165) is 84.8 Å². The van der Waals surface area contributed by atoms with Crippen molar-refractivity contribution < 1.29 is 9.53 Å². The van der Waals surface area contributed by atoms with Crippen molar-refractivity contribution in [1.82, 2.24) is 29.8 Å². The molecular weight excluding hydrogens is 598 g/mol. The number of anilines is 1. The Kier molecular flexibility index (Phi) is 15.7. The lowest BCUT2D eigenvalue weighted by Gasteiger charge is -2.30. The standard InChI is InChI=1S/C35H45N7O2.2C2H6/c1-6-8-11-31(30-21-39-42-23-29(27-10-9-12-36-19-27)18-33(42)34(30)24(3)7-2)40-32-17-28(20-38-26(32)5)35(43)37-13-14-41-15-16-44-25(4)22-41;2*1-2/h9-12,17-21,23-25,40H,6-8,13-16,22H2,1-5H3,(H,37,43);2*1-2H3. The van der Waals surface area contributed by atoms with E-state index < -0.39 is 0 Å². The Bertz CT molecular complexity index is 1600. The first-order valence-corrected chi connectivity index (χ1v) is 17.9. The van der Waals surface area contributed by atoms with Gasteiger partial charge in [0.2, 0.25) is 0 Å². The zero-order valence-corrected chi connectivity index (χ0v) is 30.6. The Balaban J connectivity index is 0.00000151. The fraction of sp³-hybridized carbons (Fsp3) is 0.487. The molecule has 4 aromatic rings. The van der Waals surface area contributed by atoms with Gasteiger partial charge in [0.15, 0.2) is 0 Å². The number of hydrogen-bond acceptors (Lipinski definition) is 7. The van der Waals surface area contributed by atoms with E-state index >= 15 is 0 Å². The molecule has 2 N–H and O–H groups in total. The number of carbonyl (C=O) groups is 1. The van der Waals surface area contributed by atoms with E-state index in [1.54, 1.807) is 12.4 Å². The highest BCUT2D eigenvalue weighted by Crippen LogP contribution is 2.35. The first-order chi connectivity index (χ1) is 23.4. The molecule has 1 saturated heterocycles. The van der Waals surface area contributed by atoms with Crippen LogP contribution in [0.25, 0.3) is 22.3 Å². The summed E-state index contributed by atoms with van der Waals surface area (Å²) in [4.78, 5) is 24.4. The number of pyridine rings is 2. The Morgan fingerprint density at radius 3 is 2.60 bits per heavy atom. The van der Waals surface area contributed by atoms with Crippen molar-refractivity contribution in [2.75, 3.05) is 38.1 Å². The lowest BCUT2D eigenvalue weighted by Crippen LogP contribution is -2.44. The van der Waals surface area contributed by atoms with Gasteiger partial charge in [0.25, 0.3) is 5.91 Å². The van der Waals surface area contributed by atoms with Crippen molar-refractivity contribution in [2.24, 2.45) is 0 Å². The highest BCUT2D eigenvalue weighted by atomic mass is 16.5. The van der Waals surface area contributed by atoms with Crippen molar-refractivity contribution >= 4 is 22.8 Å². The van der Waals surface area contributed by atoms with E-state index in [4.69, 9.17) is 9.84 Å². The number of ether oxygens (including phenoxy) is 1. The number of allylic oxidation sites excluding steroid dienone is 1. The number of morpholine rings is 1. The number of rotatable bonds is 12. The molecule has 1 aliphatic heterocycles. The minimum Gasteiger partial charge on any atom is -0.376 e. The fourth-order valence-corrected chi connectivity index (χ4v) is 5.67. The first-order valence-electron chi connectivity index (χ1n) is 17.9. The maximum Gasteiger partial charge on any atom is 0.252 e. The highest BCUT2D eigenvalue weighted by molar-refractivity contribution is 5.95. The highest BCUT2D eigenvalue weighted by Gasteiger charge is 2.21. The third-order valence-electron chi connectivity index (χ3n) is 8.36. The Morgan fingerprint density at radius 1 is 1.12 bits per heavy atom. The number of aryl methyl sites for hydroxylation is 1. The summed E-state index contributed by atoms with van der Waals surface area (Å²) in [5.41, 5.74) is 8.67. The molecule has 5 heterocycles. The van der Waals surface area contributed by atoms with Crippen LogP contribution >= 0.6 is 0 Å². The molecule has 0 saturated carbocycles. The zero-order valence-electron chi connectivity index (χ0n) is 30.6. The van der Waals surface area contributed by atoms with Crippen molar-refractivity contribution in [2.45, 2.75) is 93.6 Å². The van der Waals surface area contributed by atoms with Crippen LogP contribution in [0.5, 0.6) is 0 Å². The average molecular weight is 656 g/mol. The van der Waals surface area contributed by atoms with Crippen molar-refractivity contribution in [1.29, 1.82) is 0 Å². The molecule has 0 bridgehead atoms. The monoisotopic (exact) mass is 655 g/mol. The average Bonchev–Trinajstić information content (AvgIpc) is 3.57. The lowest BCUT2D eigenvalue weighted by atomic mass is 9.92. The van der Waals surface area contributed by atoms with E-state index in [1.165, 1.54) is 5.56 Å². The second-order valence-corrected chi connectivity index (χ2v) is 11.7. The molecule has 2 unspecified atom stereocenters. The first kappa shape index (κ1) is 38.4. The van der Waals surface area contributed by atoms with Crippen LogP contribution in [0.1, 0.15) is 108 Å². The Hall–Kier alpha value is -4.08. The molecule has 1 amide bonds. The van der Waals surface area contributed by atoms with Crippen LogP contribution < -0.4 is 10.6 Å². The molecule has 2 atom stereocenters. The van der Waals surface area contributed by atoms with Crippen LogP contribution in [0, 0.1) is 6.92 Å². The smallest absolute Gasteiger partial charge is 0.252 e. The summed E-state index contributed by atoms with van der Waals surface area (Å²) in [6.45, 7) is 22.6. The second-order valence-electron chi connectivity index (χ2n) is 11.7. The lowest BCUT2D eigenvalue weighted by molar-refractivity contribution is -0.0175. The van der Waals surface area contributed by atoms with E-state index in [-0.39, 0.29) is 12.0 Å². The van der Waals surface area contributed by atoms with Crippen LogP contribution in [0.2, 0.25) is 0 Å². The molecular formula is C39H57N7O2. The fourth-order valence-electron chi connectivity index (χ4n) is 5.67. The molecule has 48 heavy (non-hydrogen) atoms. The maximum absolute atomic E-state index is 13.1. The summed E-state index contributed by atoms with van der Waals surface area (Å²) in [5, 5.41) is 11.6. The summed E-state index contributed by atoms with van der Waals surface area (Å²) in [5.74, 6) is 0.171. The molecule has 1 aliphatic rings. The Morgan fingerprint density at radius 2 is 1.92 bits per heavy atom. The summed E-state index contributed by atoms with van der Waals surface area (Å²) >= 11 is 0. The topological polar surface area (TPSA) is 96.7 Å². The number of nitrogens with zero attached hydrogens (tertiary/aromatic N) is 5. The minimum absolute atomic E-state index is 0.125. The SMILES string of the molecule is CC.CC.CCCC=C(Nc1cc(C(=O)NCCN2CCOC(C)C2)cnc1C)c1cnn2cc(-c3cccnc3)cc2c1C(C)CC. The van der Waals surface area contributed by atoms with Crippen LogP contribution in [-0.4, -0.2) is 69.3 Å². The number of nitrogens with one attached hydrogen (secondary N) is 2. The number of hydrogen-bond donors (Lipinski definition) is 2. The number of unbranched alkanes of at least 4 members (excludes halogenated alkanes) is 1. The summed E-state index contributed by atoms with van der Waals surface area (Å²) in [6, 6.07) is 8.14. The van der Waals surface area contributed by atoms with E-state index in [1.807, 2.05) is 63.7 Å². The minimum atomic E-state index is -0.125. The molecule has 0 aromatic carbocycles. The van der Waals surface area contributed by atoms with Gasteiger partial charge in [-0.2, -0.15) is 5.10 Å². The number of aromatic nitrogens is 4. The molecule has 9 nitrogen and oxygen atoms in total. The predicted octanol–water partition coefficient (Wildman–Crippen LogP) is 8.37. The van der Waals surface area contributed by atoms with Gasteiger partial charge < -0.3 is 15.4 Å². The molecule has 0 spiro atoms. The van der Waals surface area contributed by atoms with Gasteiger partial charge in [-0.3, -0.25) is 19.7 Å². The summed E-state index contributed by atoms with van der Waals surface area (Å²) < 4.78 is 7.60. The largest absolute Gasteiger partial charge is 0.376 e.